The molecule has 0 bridgehead atoms. The van der Waals surface area contributed by atoms with Gasteiger partial charge in [-0.1, -0.05) is 53.3 Å². The van der Waals surface area contributed by atoms with Gasteiger partial charge in [-0.2, -0.15) is 0 Å². The molecule has 0 saturated heterocycles. The first kappa shape index (κ1) is 19.7. The zero-order valence-electron chi connectivity index (χ0n) is 16.1. The van der Waals surface area contributed by atoms with Crippen LogP contribution in [0.1, 0.15) is 27.8 Å². The zero-order chi connectivity index (χ0) is 20.9. The topological polar surface area (TPSA) is 68.9 Å². The number of para-hydroxylation sites is 1. The number of nitrogens with zero attached hydrogens (tertiary/aromatic N) is 1. The third kappa shape index (κ3) is 4.50. The van der Waals surface area contributed by atoms with E-state index in [0.29, 0.717) is 11.1 Å². The molecule has 0 atom stereocenters. The number of carbonyl (C=O) groups excluding carboxylic acids is 2. The van der Waals surface area contributed by atoms with Gasteiger partial charge in [-0.15, -0.1) is 0 Å². The Labute approximate surface area is 177 Å². The lowest BCUT2D eigenvalue weighted by Gasteiger charge is -2.04. The summed E-state index contributed by atoms with van der Waals surface area (Å²) < 4.78 is 5.44. The van der Waals surface area contributed by atoms with Crippen LogP contribution >= 0.6 is 11.8 Å². The van der Waals surface area contributed by atoms with E-state index in [-0.39, 0.29) is 17.3 Å². The predicted molar refractivity (Wildman–Crippen MR) is 116 cm³/mol. The molecule has 0 spiro atoms. The number of fused-ring (bicyclic) bond motifs is 1. The van der Waals surface area contributed by atoms with Crippen LogP contribution in [0.3, 0.4) is 0 Å². The Morgan fingerprint density at radius 2 is 1.53 bits per heavy atom. The quantitative estimate of drug-likeness (QED) is 0.167. The second kappa shape index (κ2) is 8.80. The molecule has 0 aliphatic heterocycles. The molecule has 0 unspecified atom stereocenters. The van der Waals surface area contributed by atoms with E-state index in [0.717, 1.165) is 15.2 Å². The maximum Gasteiger partial charge on any atom is 0.400 e. The molecular formula is C24H17NO4S. The van der Waals surface area contributed by atoms with Crippen LogP contribution in [-0.4, -0.2) is 17.5 Å². The van der Waals surface area contributed by atoms with Crippen LogP contribution in [0, 0.1) is 0 Å². The molecule has 1 heterocycles. The van der Waals surface area contributed by atoms with E-state index in [1.54, 1.807) is 36.0 Å². The van der Waals surface area contributed by atoms with E-state index < -0.39 is 5.97 Å². The number of ketones is 1. The first-order valence-corrected chi connectivity index (χ1v) is 10.0. The molecule has 0 N–H and O–H groups in total. The fourth-order valence-corrected chi connectivity index (χ4v) is 3.62. The second-order valence-corrected chi connectivity index (χ2v) is 7.62. The SMILES string of the molecule is C/C(=N\OC(=O)c1cc2ccccc2o1)C(=O)c1ccc(Sc2ccccc2)cc1. The number of rotatable bonds is 6. The lowest BCUT2D eigenvalue weighted by atomic mass is 10.1. The summed E-state index contributed by atoms with van der Waals surface area (Å²) in [6, 6.07) is 26.0. The smallest absolute Gasteiger partial charge is 0.400 e. The third-order valence-electron chi connectivity index (χ3n) is 4.32. The summed E-state index contributed by atoms with van der Waals surface area (Å²) >= 11 is 1.61. The Bertz CT molecular complexity index is 1190. The molecule has 6 heteroatoms. The van der Waals surface area contributed by atoms with Gasteiger partial charge < -0.3 is 9.25 Å². The lowest BCUT2D eigenvalue weighted by molar-refractivity contribution is 0.0481. The predicted octanol–water partition coefficient (Wildman–Crippen LogP) is 6.00. The summed E-state index contributed by atoms with van der Waals surface area (Å²) in [6.45, 7) is 1.50. The number of hydrogen-bond acceptors (Lipinski definition) is 6. The highest BCUT2D eigenvalue weighted by Gasteiger charge is 2.16. The van der Waals surface area contributed by atoms with E-state index in [9.17, 15) is 9.59 Å². The average Bonchev–Trinajstić information content (AvgIpc) is 3.22. The summed E-state index contributed by atoms with van der Waals surface area (Å²) in [4.78, 5) is 31.7. The summed E-state index contributed by atoms with van der Waals surface area (Å²) in [5.41, 5.74) is 1.12. The minimum Gasteiger partial charge on any atom is -0.449 e. The summed E-state index contributed by atoms with van der Waals surface area (Å²) in [5, 5.41) is 4.48. The second-order valence-electron chi connectivity index (χ2n) is 6.47. The number of oxime groups is 1. The van der Waals surface area contributed by atoms with Gasteiger partial charge in [0.05, 0.1) is 0 Å². The Morgan fingerprint density at radius 1 is 0.867 bits per heavy atom. The van der Waals surface area contributed by atoms with E-state index in [4.69, 9.17) is 9.25 Å². The zero-order valence-corrected chi connectivity index (χ0v) is 16.9. The summed E-state index contributed by atoms with van der Waals surface area (Å²) in [7, 11) is 0. The molecule has 0 saturated carbocycles. The van der Waals surface area contributed by atoms with Crippen LogP contribution in [0.15, 0.2) is 104 Å². The summed E-state index contributed by atoms with van der Waals surface area (Å²) in [5.74, 6) is -1.04. The van der Waals surface area contributed by atoms with Gasteiger partial charge in [-0.05, 0) is 55.5 Å². The van der Waals surface area contributed by atoms with Crippen LogP contribution < -0.4 is 0 Å². The standard InChI is InChI=1S/C24H17NO4S/c1-16(25-29-24(27)22-15-18-7-5-6-10-21(18)28-22)23(26)17-11-13-20(14-12-17)30-19-8-3-2-4-9-19/h2-15H,1H3/b25-16+. The molecule has 0 radical (unpaired) electrons. The average molecular weight is 415 g/mol. The highest BCUT2D eigenvalue weighted by molar-refractivity contribution is 7.99. The van der Waals surface area contributed by atoms with Gasteiger partial charge in [0.15, 0.2) is 0 Å². The Kier molecular flexibility index (Phi) is 5.77. The van der Waals surface area contributed by atoms with Crippen molar-refractivity contribution in [3.63, 3.8) is 0 Å². The Hall–Kier alpha value is -3.64. The number of furan rings is 1. The molecule has 0 aliphatic carbocycles. The molecular weight excluding hydrogens is 398 g/mol. The maximum atomic E-state index is 12.6. The van der Waals surface area contributed by atoms with Crippen molar-refractivity contribution in [3.05, 3.63) is 96.3 Å². The van der Waals surface area contributed by atoms with Gasteiger partial charge in [0.25, 0.3) is 0 Å². The molecule has 1 aromatic heterocycles. The van der Waals surface area contributed by atoms with Gasteiger partial charge in [-0.25, -0.2) is 4.79 Å². The van der Waals surface area contributed by atoms with E-state index in [2.05, 4.69) is 5.16 Å². The molecule has 3 aromatic carbocycles. The van der Waals surface area contributed by atoms with Gasteiger partial charge in [0, 0.05) is 20.7 Å². The van der Waals surface area contributed by atoms with Crippen LogP contribution in [-0.2, 0) is 4.84 Å². The summed E-state index contributed by atoms with van der Waals surface area (Å²) in [6.07, 6.45) is 0. The van der Waals surface area contributed by atoms with Crippen molar-refractivity contribution in [2.75, 3.05) is 0 Å². The normalized spacial score (nSPS) is 11.4. The highest BCUT2D eigenvalue weighted by atomic mass is 32.2. The molecule has 4 rings (SSSR count). The van der Waals surface area contributed by atoms with E-state index in [1.165, 1.54) is 6.92 Å². The first-order valence-electron chi connectivity index (χ1n) is 9.22. The lowest BCUT2D eigenvalue weighted by Crippen LogP contribution is -2.12. The van der Waals surface area contributed by atoms with Gasteiger partial charge in [0.1, 0.15) is 11.3 Å². The molecule has 0 aliphatic rings. The Balaban J connectivity index is 1.41. The van der Waals surface area contributed by atoms with Crippen molar-refractivity contribution in [3.8, 4) is 0 Å². The van der Waals surface area contributed by atoms with Gasteiger partial charge in [-0.3, -0.25) is 4.79 Å². The largest absolute Gasteiger partial charge is 0.449 e. The van der Waals surface area contributed by atoms with Crippen LogP contribution in [0.4, 0.5) is 0 Å². The van der Waals surface area contributed by atoms with E-state index in [1.807, 2.05) is 60.7 Å². The van der Waals surface area contributed by atoms with Crippen LogP contribution in [0.2, 0.25) is 0 Å². The highest BCUT2D eigenvalue weighted by Crippen LogP contribution is 2.27. The van der Waals surface area contributed by atoms with Gasteiger partial charge in [0.2, 0.25) is 11.5 Å². The first-order chi connectivity index (χ1) is 14.6. The maximum absolute atomic E-state index is 12.6. The third-order valence-corrected chi connectivity index (χ3v) is 5.33. The molecule has 5 nitrogen and oxygen atoms in total. The fraction of sp³-hybridized carbons (Fsp3) is 0.0417. The molecule has 30 heavy (non-hydrogen) atoms. The van der Waals surface area contributed by atoms with Crippen LogP contribution in [0.25, 0.3) is 11.0 Å². The van der Waals surface area contributed by atoms with Gasteiger partial charge >= 0.3 is 5.97 Å². The minimum absolute atomic E-state index is 0.0301. The number of hydrogen-bond donors (Lipinski definition) is 0. The Morgan fingerprint density at radius 3 is 2.27 bits per heavy atom. The molecule has 4 aromatic rings. The number of benzene rings is 3. The number of Topliss-reactive ketones (excluding diaryl/α,β-unsaturated/α-hetero) is 1. The minimum atomic E-state index is -0.757. The fourth-order valence-electron chi connectivity index (χ4n) is 2.79. The van der Waals surface area contributed by atoms with Crippen molar-refractivity contribution in [1.29, 1.82) is 0 Å². The monoisotopic (exact) mass is 415 g/mol. The molecule has 148 valence electrons. The van der Waals surface area contributed by atoms with Crippen molar-refractivity contribution in [2.24, 2.45) is 5.16 Å². The van der Waals surface area contributed by atoms with Crippen molar-refractivity contribution < 1.29 is 18.8 Å². The van der Waals surface area contributed by atoms with Crippen LogP contribution in [0.5, 0.6) is 0 Å². The van der Waals surface area contributed by atoms with Crippen molar-refractivity contribution >= 4 is 40.2 Å². The van der Waals surface area contributed by atoms with E-state index >= 15 is 0 Å². The molecule has 0 amide bonds. The van der Waals surface area contributed by atoms with Crippen molar-refractivity contribution in [1.82, 2.24) is 0 Å². The number of carbonyl (C=O) groups is 2. The molecule has 0 fully saturated rings. The van der Waals surface area contributed by atoms with Crippen molar-refractivity contribution in [2.45, 2.75) is 16.7 Å².